The van der Waals surface area contributed by atoms with Gasteiger partial charge in [-0.3, -0.25) is 4.79 Å². The zero-order valence-corrected chi connectivity index (χ0v) is 13.9. The SMILES string of the molecule is N#C/C(=C\c1ccccc1C(F)(F)F)C(=O)Nc1cc(Cl)cc(Cl)c1. The van der Waals surface area contributed by atoms with Gasteiger partial charge in [0.1, 0.15) is 11.6 Å². The number of carbonyl (C=O) groups is 1. The van der Waals surface area contributed by atoms with Crippen LogP contribution in [0.1, 0.15) is 11.1 Å². The van der Waals surface area contributed by atoms with Crippen molar-refractivity contribution in [3.8, 4) is 6.07 Å². The molecule has 2 aromatic rings. The number of nitrogens with zero attached hydrogens (tertiary/aromatic N) is 1. The zero-order chi connectivity index (χ0) is 18.6. The van der Waals surface area contributed by atoms with Gasteiger partial charge in [0.25, 0.3) is 5.91 Å². The van der Waals surface area contributed by atoms with Crippen LogP contribution in [0.15, 0.2) is 48.0 Å². The molecule has 128 valence electrons. The topological polar surface area (TPSA) is 52.9 Å². The van der Waals surface area contributed by atoms with Gasteiger partial charge in [0.05, 0.1) is 5.56 Å². The fourth-order valence-corrected chi connectivity index (χ4v) is 2.54. The Hall–Kier alpha value is -2.49. The van der Waals surface area contributed by atoms with E-state index in [1.807, 2.05) is 0 Å². The molecule has 0 bridgehead atoms. The standard InChI is InChI=1S/C17H9Cl2F3N2O/c18-12-6-13(19)8-14(7-12)24-16(25)11(9-23)5-10-3-1-2-4-15(10)17(20,21)22/h1-8H,(H,24,25)/b11-5+. The van der Waals surface area contributed by atoms with Crippen LogP contribution >= 0.6 is 23.2 Å². The largest absolute Gasteiger partial charge is 0.416 e. The molecule has 1 amide bonds. The average Bonchev–Trinajstić information content (AvgIpc) is 2.50. The number of hydrogen-bond donors (Lipinski definition) is 1. The van der Waals surface area contributed by atoms with Crippen molar-refractivity contribution in [2.45, 2.75) is 6.18 Å². The summed E-state index contributed by atoms with van der Waals surface area (Å²) in [4.78, 5) is 12.2. The van der Waals surface area contributed by atoms with Crippen LogP contribution in [0.5, 0.6) is 0 Å². The van der Waals surface area contributed by atoms with Crippen molar-refractivity contribution in [1.82, 2.24) is 0 Å². The third-order valence-electron chi connectivity index (χ3n) is 3.05. The number of nitriles is 1. The second-order valence-electron chi connectivity index (χ2n) is 4.87. The Bertz CT molecular complexity index is 866. The molecule has 0 atom stereocenters. The Morgan fingerprint density at radius 2 is 1.72 bits per heavy atom. The fraction of sp³-hybridized carbons (Fsp3) is 0.0588. The van der Waals surface area contributed by atoms with E-state index in [1.54, 1.807) is 6.07 Å². The maximum Gasteiger partial charge on any atom is 0.416 e. The fourth-order valence-electron chi connectivity index (χ4n) is 2.01. The highest BCUT2D eigenvalue weighted by molar-refractivity contribution is 6.35. The average molecular weight is 385 g/mol. The molecule has 0 aliphatic heterocycles. The lowest BCUT2D eigenvalue weighted by Gasteiger charge is -2.10. The number of alkyl halides is 3. The van der Waals surface area contributed by atoms with Crippen LogP contribution in [0.25, 0.3) is 6.08 Å². The summed E-state index contributed by atoms with van der Waals surface area (Å²) in [6.07, 6.45) is -3.73. The molecule has 0 unspecified atom stereocenters. The number of benzene rings is 2. The lowest BCUT2D eigenvalue weighted by molar-refractivity contribution is -0.137. The highest BCUT2D eigenvalue weighted by Gasteiger charge is 2.32. The van der Waals surface area contributed by atoms with E-state index in [9.17, 15) is 18.0 Å². The lowest BCUT2D eigenvalue weighted by Crippen LogP contribution is -2.14. The molecule has 25 heavy (non-hydrogen) atoms. The number of halogens is 5. The Balaban J connectivity index is 2.35. The summed E-state index contributed by atoms with van der Waals surface area (Å²) in [7, 11) is 0. The van der Waals surface area contributed by atoms with Crippen LogP contribution in [0.4, 0.5) is 18.9 Å². The monoisotopic (exact) mass is 384 g/mol. The Morgan fingerprint density at radius 3 is 2.28 bits per heavy atom. The minimum absolute atomic E-state index is 0.216. The summed E-state index contributed by atoms with van der Waals surface area (Å²) >= 11 is 11.6. The summed E-state index contributed by atoms with van der Waals surface area (Å²) in [6, 6.07) is 10.5. The van der Waals surface area contributed by atoms with Crippen molar-refractivity contribution in [2.75, 3.05) is 5.32 Å². The summed E-state index contributed by atoms with van der Waals surface area (Å²) in [5.41, 5.74) is -1.51. The molecule has 0 aromatic heterocycles. The molecule has 0 aliphatic carbocycles. The molecule has 3 nitrogen and oxygen atoms in total. The van der Waals surface area contributed by atoms with E-state index < -0.39 is 23.2 Å². The number of nitrogens with one attached hydrogen (secondary N) is 1. The van der Waals surface area contributed by atoms with E-state index in [2.05, 4.69) is 5.32 Å². The number of amides is 1. The summed E-state index contributed by atoms with van der Waals surface area (Å²) in [6.45, 7) is 0. The van der Waals surface area contributed by atoms with Crippen LogP contribution in [-0.2, 0) is 11.0 Å². The second-order valence-corrected chi connectivity index (χ2v) is 5.74. The van der Waals surface area contributed by atoms with E-state index >= 15 is 0 Å². The maximum atomic E-state index is 13.0. The molecule has 0 spiro atoms. The molecular weight excluding hydrogens is 376 g/mol. The first-order valence-electron chi connectivity index (χ1n) is 6.76. The molecule has 0 heterocycles. The Morgan fingerprint density at radius 1 is 1.12 bits per heavy atom. The lowest BCUT2D eigenvalue weighted by atomic mass is 10.0. The van der Waals surface area contributed by atoms with Crippen LogP contribution < -0.4 is 5.32 Å². The van der Waals surface area contributed by atoms with Gasteiger partial charge in [-0.1, -0.05) is 41.4 Å². The first-order valence-corrected chi connectivity index (χ1v) is 7.52. The molecule has 1 N–H and O–H groups in total. The molecule has 0 fully saturated rings. The maximum absolute atomic E-state index is 13.0. The van der Waals surface area contributed by atoms with Crippen molar-refractivity contribution in [1.29, 1.82) is 5.26 Å². The first-order chi connectivity index (χ1) is 11.7. The van der Waals surface area contributed by atoms with Crippen LogP contribution in [-0.4, -0.2) is 5.91 Å². The third-order valence-corrected chi connectivity index (χ3v) is 3.49. The van der Waals surface area contributed by atoms with Crippen molar-refractivity contribution >= 4 is 40.9 Å². The zero-order valence-electron chi connectivity index (χ0n) is 12.4. The van der Waals surface area contributed by atoms with Crippen molar-refractivity contribution in [3.63, 3.8) is 0 Å². The van der Waals surface area contributed by atoms with E-state index in [-0.39, 0.29) is 21.3 Å². The molecule has 8 heteroatoms. The molecule has 2 rings (SSSR count). The summed E-state index contributed by atoms with van der Waals surface area (Å²) < 4.78 is 39.0. The predicted octanol–water partition coefficient (Wildman–Crippen LogP) is 5.56. The molecule has 2 aromatic carbocycles. The van der Waals surface area contributed by atoms with E-state index in [0.717, 1.165) is 12.1 Å². The second kappa shape index (κ2) is 7.60. The van der Waals surface area contributed by atoms with Crippen LogP contribution in [0, 0.1) is 11.3 Å². The van der Waals surface area contributed by atoms with E-state index in [1.165, 1.54) is 36.4 Å². The Kier molecular flexibility index (Phi) is 5.73. The highest BCUT2D eigenvalue weighted by atomic mass is 35.5. The normalized spacial score (nSPS) is 11.8. The van der Waals surface area contributed by atoms with Crippen molar-refractivity contribution in [3.05, 3.63) is 69.2 Å². The van der Waals surface area contributed by atoms with Gasteiger partial charge in [0.15, 0.2) is 0 Å². The summed E-state index contributed by atoms with van der Waals surface area (Å²) in [5, 5.41) is 12.0. The number of hydrogen-bond acceptors (Lipinski definition) is 2. The van der Waals surface area contributed by atoms with E-state index in [0.29, 0.717) is 0 Å². The third kappa shape index (κ3) is 4.99. The van der Waals surface area contributed by atoms with Gasteiger partial charge >= 0.3 is 6.18 Å². The summed E-state index contributed by atoms with van der Waals surface area (Å²) in [5.74, 6) is -0.877. The van der Waals surface area contributed by atoms with Crippen molar-refractivity contribution in [2.24, 2.45) is 0 Å². The predicted molar refractivity (Wildman–Crippen MR) is 90.1 cm³/mol. The molecular formula is C17H9Cl2F3N2O. The minimum Gasteiger partial charge on any atom is -0.321 e. The molecule has 0 radical (unpaired) electrons. The number of anilines is 1. The molecule has 0 saturated carbocycles. The minimum atomic E-state index is -4.61. The van der Waals surface area contributed by atoms with Gasteiger partial charge in [-0.2, -0.15) is 18.4 Å². The van der Waals surface area contributed by atoms with Gasteiger partial charge in [-0.15, -0.1) is 0 Å². The number of rotatable bonds is 3. The highest BCUT2D eigenvalue weighted by Crippen LogP contribution is 2.33. The van der Waals surface area contributed by atoms with Gasteiger partial charge in [0.2, 0.25) is 0 Å². The van der Waals surface area contributed by atoms with Crippen LogP contribution in [0.3, 0.4) is 0 Å². The molecule has 0 saturated heterocycles. The van der Waals surface area contributed by atoms with Gasteiger partial charge in [0, 0.05) is 15.7 Å². The van der Waals surface area contributed by atoms with Gasteiger partial charge < -0.3 is 5.32 Å². The molecule has 0 aliphatic rings. The number of carbonyl (C=O) groups excluding carboxylic acids is 1. The van der Waals surface area contributed by atoms with E-state index in [4.69, 9.17) is 28.5 Å². The van der Waals surface area contributed by atoms with Gasteiger partial charge in [-0.25, -0.2) is 0 Å². The smallest absolute Gasteiger partial charge is 0.321 e. The first kappa shape index (κ1) is 18.8. The van der Waals surface area contributed by atoms with Crippen molar-refractivity contribution < 1.29 is 18.0 Å². The Labute approximate surface area is 151 Å². The van der Waals surface area contributed by atoms with Crippen LogP contribution in [0.2, 0.25) is 10.0 Å². The van der Waals surface area contributed by atoms with Gasteiger partial charge in [-0.05, 0) is 35.9 Å². The quantitative estimate of drug-likeness (QED) is 0.556.